The van der Waals surface area contributed by atoms with E-state index in [1.54, 1.807) is 31.4 Å². The first-order valence-corrected chi connectivity index (χ1v) is 5.81. The van der Waals surface area contributed by atoms with Crippen molar-refractivity contribution in [3.8, 4) is 5.75 Å². The Kier molecular flexibility index (Phi) is 6.38. The molecule has 0 aliphatic rings. The van der Waals surface area contributed by atoms with Crippen molar-refractivity contribution in [1.29, 1.82) is 0 Å². The Morgan fingerprint density at radius 3 is 2.84 bits per heavy atom. The maximum atomic E-state index is 11.4. The fourth-order valence-electron chi connectivity index (χ4n) is 1.41. The second-order valence-electron chi connectivity index (χ2n) is 3.85. The number of ether oxygens (including phenoxy) is 2. The van der Waals surface area contributed by atoms with Gasteiger partial charge >= 0.3 is 5.97 Å². The largest absolute Gasteiger partial charge is 0.484 e. The summed E-state index contributed by atoms with van der Waals surface area (Å²) in [5.41, 5.74) is 0.629. The molecule has 0 spiro atoms. The van der Waals surface area contributed by atoms with Gasteiger partial charge in [-0.25, -0.2) is 0 Å². The van der Waals surface area contributed by atoms with Gasteiger partial charge in [-0.1, -0.05) is 12.1 Å². The highest BCUT2D eigenvalue weighted by molar-refractivity contribution is 5.77. The molecule has 0 unspecified atom stereocenters. The van der Waals surface area contributed by atoms with E-state index in [9.17, 15) is 9.59 Å². The van der Waals surface area contributed by atoms with Crippen molar-refractivity contribution < 1.29 is 24.2 Å². The van der Waals surface area contributed by atoms with Crippen LogP contribution in [0.1, 0.15) is 5.56 Å². The third-order valence-electron chi connectivity index (χ3n) is 2.25. The minimum atomic E-state index is -0.908. The maximum absolute atomic E-state index is 11.4. The lowest BCUT2D eigenvalue weighted by molar-refractivity contribution is -0.136. The van der Waals surface area contributed by atoms with Crippen LogP contribution >= 0.6 is 0 Å². The van der Waals surface area contributed by atoms with Crippen molar-refractivity contribution in [3.05, 3.63) is 29.8 Å². The summed E-state index contributed by atoms with van der Waals surface area (Å²) in [5.74, 6) is -0.684. The van der Waals surface area contributed by atoms with Crippen LogP contribution in [0.15, 0.2) is 24.3 Å². The zero-order chi connectivity index (χ0) is 14.1. The second kappa shape index (κ2) is 8.10. The topological polar surface area (TPSA) is 84.9 Å². The standard InChI is InChI=1S/C13H17NO5/c1-18-6-5-14-12(15)9-19-11-4-2-3-10(7-11)8-13(16)17/h2-4,7H,5-6,8-9H2,1H3,(H,14,15)(H,16,17). The van der Waals surface area contributed by atoms with Gasteiger partial charge in [0.05, 0.1) is 13.0 Å². The zero-order valence-corrected chi connectivity index (χ0v) is 10.7. The molecule has 6 heteroatoms. The Morgan fingerprint density at radius 1 is 1.37 bits per heavy atom. The summed E-state index contributed by atoms with van der Waals surface area (Å²) >= 11 is 0. The highest BCUT2D eigenvalue weighted by Crippen LogP contribution is 2.13. The molecule has 1 aromatic carbocycles. The number of carbonyl (C=O) groups is 2. The molecule has 6 nitrogen and oxygen atoms in total. The van der Waals surface area contributed by atoms with Gasteiger partial charge in [0.1, 0.15) is 5.75 Å². The van der Waals surface area contributed by atoms with Crippen LogP contribution in [0.5, 0.6) is 5.75 Å². The normalized spacial score (nSPS) is 9.95. The van der Waals surface area contributed by atoms with Gasteiger partial charge in [-0.2, -0.15) is 0 Å². The molecule has 1 aromatic rings. The Bertz CT molecular complexity index is 433. The van der Waals surface area contributed by atoms with Crippen LogP contribution in [0, 0.1) is 0 Å². The van der Waals surface area contributed by atoms with Crippen LogP contribution < -0.4 is 10.1 Å². The first kappa shape index (κ1) is 15.0. The number of carbonyl (C=O) groups excluding carboxylic acids is 1. The lowest BCUT2D eigenvalue weighted by Gasteiger charge is -2.08. The molecule has 0 atom stereocenters. The zero-order valence-electron chi connectivity index (χ0n) is 10.7. The van der Waals surface area contributed by atoms with E-state index in [1.807, 2.05) is 0 Å². The number of rotatable bonds is 8. The molecule has 0 radical (unpaired) electrons. The van der Waals surface area contributed by atoms with Crippen LogP contribution in [0.3, 0.4) is 0 Å². The molecule has 2 N–H and O–H groups in total. The van der Waals surface area contributed by atoms with Crippen molar-refractivity contribution in [2.24, 2.45) is 0 Å². The number of hydrogen-bond acceptors (Lipinski definition) is 4. The predicted molar refractivity (Wildman–Crippen MR) is 68.2 cm³/mol. The summed E-state index contributed by atoms with van der Waals surface area (Å²) in [4.78, 5) is 21.9. The number of carboxylic acid groups (broad SMARTS) is 1. The van der Waals surface area contributed by atoms with Gasteiger partial charge in [0, 0.05) is 13.7 Å². The molecule has 0 aliphatic carbocycles. The summed E-state index contributed by atoms with van der Waals surface area (Å²) in [6, 6.07) is 6.67. The quantitative estimate of drug-likeness (QED) is 0.668. The maximum Gasteiger partial charge on any atom is 0.307 e. The van der Waals surface area contributed by atoms with Gasteiger partial charge in [-0.3, -0.25) is 9.59 Å². The molecule has 104 valence electrons. The van der Waals surface area contributed by atoms with Crippen LogP contribution in [0.2, 0.25) is 0 Å². The first-order valence-electron chi connectivity index (χ1n) is 5.81. The van der Waals surface area contributed by atoms with Gasteiger partial charge < -0.3 is 19.9 Å². The van der Waals surface area contributed by atoms with Gasteiger partial charge in [0.25, 0.3) is 5.91 Å². The third-order valence-corrected chi connectivity index (χ3v) is 2.25. The molecule has 0 fully saturated rings. The SMILES string of the molecule is COCCNC(=O)COc1cccc(CC(=O)O)c1. The summed E-state index contributed by atoms with van der Waals surface area (Å²) in [7, 11) is 1.55. The smallest absolute Gasteiger partial charge is 0.307 e. The van der Waals surface area contributed by atoms with Crippen molar-refractivity contribution in [2.45, 2.75) is 6.42 Å². The van der Waals surface area contributed by atoms with Crippen LogP contribution in [-0.4, -0.2) is 43.9 Å². The van der Waals surface area contributed by atoms with E-state index in [0.29, 0.717) is 24.5 Å². The van der Waals surface area contributed by atoms with Crippen molar-refractivity contribution in [2.75, 3.05) is 26.9 Å². The number of nitrogens with one attached hydrogen (secondary N) is 1. The molecule has 1 amide bonds. The molecular formula is C13H17NO5. The van der Waals surface area contributed by atoms with Gasteiger partial charge in [-0.15, -0.1) is 0 Å². The van der Waals surface area contributed by atoms with Gasteiger partial charge in [-0.05, 0) is 17.7 Å². The summed E-state index contributed by atoms with van der Waals surface area (Å²) < 4.78 is 10.1. The lowest BCUT2D eigenvalue weighted by atomic mass is 10.1. The fourth-order valence-corrected chi connectivity index (χ4v) is 1.41. The molecule has 0 bridgehead atoms. The highest BCUT2D eigenvalue weighted by Gasteiger charge is 2.04. The van der Waals surface area contributed by atoms with E-state index in [2.05, 4.69) is 5.32 Å². The Labute approximate surface area is 111 Å². The average Bonchev–Trinajstić information content (AvgIpc) is 2.36. The number of amides is 1. The van der Waals surface area contributed by atoms with Crippen LogP contribution in [-0.2, 0) is 20.7 Å². The Hall–Kier alpha value is -2.08. The molecule has 0 aliphatic heterocycles. The predicted octanol–water partition coefficient (Wildman–Crippen LogP) is 0.455. The molecule has 0 saturated heterocycles. The van der Waals surface area contributed by atoms with E-state index in [0.717, 1.165) is 0 Å². The first-order chi connectivity index (χ1) is 9.11. The van der Waals surface area contributed by atoms with Gasteiger partial charge in [0.15, 0.2) is 6.61 Å². The average molecular weight is 267 g/mol. The third kappa shape index (κ3) is 6.42. The van der Waals surface area contributed by atoms with Crippen molar-refractivity contribution in [1.82, 2.24) is 5.32 Å². The van der Waals surface area contributed by atoms with E-state index in [-0.39, 0.29) is 18.9 Å². The number of carboxylic acids is 1. The van der Waals surface area contributed by atoms with Gasteiger partial charge in [0.2, 0.25) is 0 Å². The molecule has 0 aromatic heterocycles. The van der Waals surface area contributed by atoms with E-state index in [4.69, 9.17) is 14.6 Å². The minimum Gasteiger partial charge on any atom is -0.484 e. The van der Waals surface area contributed by atoms with Crippen LogP contribution in [0.4, 0.5) is 0 Å². The fraction of sp³-hybridized carbons (Fsp3) is 0.385. The monoisotopic (exact) mass is 267 g/mol. The van der Waals surface area contributed by atoms with Crippen LogP contribution in [0.25, 0.3) is 0 Å². The Morgan fingerprint density at radius 2 is 2.16 bits per heavy atom. The summed E-state index contributed by atoms with van der Waals surface area (Å²) in [5, 5.41) is 11.3. The molecule has 19 heavy (non-hydrogen) atoms. The second-order valence-corrected chi connectivity index (χ2v) is 3.85. The molecule has 0 saturated carbocycles. The summed E-state index contributed by atoms with van der Waals surface area (Å²) in [6.07, 6.45) is -0.0722. The van der Waals surface area contributed by atoms with E-state index < -0.39 is 5.97 Å². The highest BCUT2D eigenvalue weighted by atomic mass is 16.5. The van der Waals surface area contributed by atoms with Crippen molar-refractivity contribution in [3.63, 3.8) is 0 Å². The van der Waals surface area contributed by atoms with E-state index >= 15 is 0 Å². The number of hydrogen-bond donors (Lipinski definition) is 2. The van der Waals surface area contributed by atoms with Crippen molar-refractivity contribution >= 4 is 11.9 Å². The molecule has 1 rings (SSSR count). The molecular weight excluding hydrogens is 250 g/mol. The lowest BCUT2D eigenvalue weighted by Crippen LogP contribution is -2.31. The number of methoxy groups -OCH3 is 1. The number of benzene rings is 1. The summed E-state index contributed by atoms with van der Waals surface area (Å²) in [6.45, 7) is 0.762. The number of aliphatic carboxylic acids is 1. The molecule has 0 heterocycles. The van der Waals surface area contributed by atoms with E-state index in [1.165, 1.54) is 0 Å². The minimum absolute atomic E-state index is 0.0722. The Balaban J connectivity index is 2.40.